The molecule has 0 saturated heterocycles. The Labute approximate surface area is 192 Å². The third-order valence-corrected chi connectivity index (χ3v) is 5.31. The Morgan fingerprint density at radius 1 is 0.882 bits per heavy atom. The number of hydrogen-bond acceptors (Lipinski definition) is 7. The van der Waals surface area contributed by atoms with Crippen molar-refractivity contribution in [2.75, 3.05) is 12.3 Å². The summed E-state index contributed by atoms with van der Waals surface area (Å²) < 4.78 is 56.0. The molecule has 4 rings (SSSR count). The van der Waals surface area contributed by atoms with Gasteiger partial charge in [-0.25, -0.2) is 15.0 Å². The number of anilines is 1. The fourth-order valence-corrected chi connectivity index (χ4v) is 4.01. The van der Waals surface area contributed by atoms with E-state index in [1.165, 1.54) is 55.4 Å². The minimum absolute atomic E-state index is 0.0335. The van der Waals surface area contributed by atoms with Gasteiger partial charge in [-0.15, -0.1) is 0 Å². The Bertz CT molecular complexity index is 1240. The van der Waals surface area contributed by atoms with E-state index < -0.39 is 30.1 Å². The molecule has 34 heavy (non-hydrogen) atoms. The monoisotopic (exact) mass is 469 g/mol. The first-order chi connectivity index (χ1) is 16.3. The first kappa shape index (κ1) is 23.2. The number of pyridine rings is 3. The van der Waals surface area contributed by atoms with Gasteiger partial charge in [0.2, 0.25) is 11.9 Å². The predicted molar refractivity (Wildman–Crippen MR) is 116 cm³/mol. The summed E-state index contributed by atoms with van der Waals surface area (Å²) >= 11 is 0. The number of nitrogens with one attached hydrogen (secondary N) is 1. The summed E-state index contributed by atoms with van der Waals surface area (Å²) in [6, 6.07) is 10.8. The second-order valence-electron chi connectivity index (χ2n) is 7.42. The summed E-state index contributed by atoms with van der Waals surface area (Å²) in [4.78, 5) is 20.1. The number of aromatic nitrogens is 5. The molecule has 174 valence electrons. The van der Waals surface area contributed by atoms with E-state index in [1.807, 2.05) is 0 Å². The highest BCUT2D eigenvalue weighted by Gasteiger charge is 2.48. The normalized spacial score (nSPS) is 14.4. The molecule has 11 heteroatoms. The quantitative estimate of drug-likeness (QED) is 0.315. The summed E-state index contributed by atoms with van der Waals surface area (Å²) in [6.45, 7) is -1.41. The Morgan fingerprint density at radius 2 is 1.62 bits per heavy atom. The van der Waals surface area contributed by atoms with Crippen molar-refractivity contribution in [1.82, 2.24) is 30.2 Å². The second-order valence-corrected chi connectivity index (χ2v) is 7.42. The van der Waals surface area contributed by atoms with Crippen molar-refractivity contribution in [3.05, 3.63) is 108 Å². The molecule has 4 heterocycles. The number of nitrogens with two attached hydrogens (primary N) is 1. The summed E-state index contributed by atoms with van der Waals surface area (Å²) in [5, 5.41) is 2.62. The minimum Gasteiger partial charge on any atom is -0.368 e. The Morgan fingerprint density at radius 3 is 2.24 bits per heavy atom. The first-order valence-corrected chi connectivity index (χ1v) is 10.1. The smallest absolute Gasteiger partial charge is 0.368 e. The van der Waals surface area contributed by atoms with Crippen molar-refractivity contribution >= 4 is 5.95 Å². The Kier molecular flexibility index (Phi) is 6.46. The molecule has 0 amide bonds. The maximum atomic E-state index is 15.2. The van der Waals surface area contributed by atoms with E-state index in [2.05, 4.69) is 30.2 Å². The van der Waals surface area contributed by atoms with Crippen LogP contribution in [0.5, 0.6) is 0 Å². The standard InChI is InChI=1S/C23H19F4N7/c24-20-17(6-3-10-31-20)19(15-4-1-8-29-12-15)23(33-14-22(25,26)27,16-5-2-9-30-13-16)18-7-11-32-21(28)34-18/h1-13,19,33H,14H2,(H2,28,32,34). The molecule has 0 aliphatic heterocycles. The number of nitrogens with zero attached hydrogens (tertiary/aromatic N) is 5. The predicted octanol–water partition coefficient (Wildman–Crippen LogP) is 3.61. The van der Waals surface area contributed by atoms with Crippen LogP contribution in [-0.4, -0.2) is 37.6 Å². The van der Waals surface area contributed by atoms with Gasteiger partial charge in [0.25, 0.3) is 0 Å². The maximum absolute atomic E-state index is 15.2. The summed E-state index contributed by atoms with van der Waals surface area (Å²) in [5.41, 5.74) is 4.90. The minimum atomic E-state index is -4.60. The van der Waals surface area contributed by atoms with Gasteiger partial charge < -0.3 is 5.73 Å². The highest BCUT2D eigenvalue weighted by molar-refractivity contribution is 5.47. The summed E-state index contributed by atoms with van der Waals surface area (Å²) in [5.74, 6) is -2.10. The fourth-order valence-electron chi connectivity index (χ4n) is 4.01. The van der Waals surface area contributed by atoms with E-state index in [9.17, 15) is 13.2 Å². The Hall–Kier alpha value is -3.99. The molecule has 4 aromatic heterocycles. The third kappa shape index (κ3) is 4.69. The van der Waals surface area contributed by atoms with Crippen LogP contribution in [0.15, 0.2) is 79.6 Å². The van der Waals surface area contributed by atoms with Crippen LogP contribution >= 0.6 is 0 Å². The molecule has 4 aromatic rings. The number of hydrogen-bond donors (Lipinski definition) is 2. The van der Waals surface area contributed by atoms with E-state index in [-0.39, 0.29) is 17.2 Å². The highest BCUT2D eigenvalue weighted by Crippen LogP contribution is 2.46. The topological polar surface area (TPSA) is 102 Å². The molecular weight excluding hydrogens is 450 g/mol. The number of alkyl halides is 3. The molecular formula is C23H19F4N7. The van der Waals surface area contributed by atoms with Gasteiger partial charge in [0.1, 0.15) is 0 Å². The van der Waals surface area contributed by atoms with Crippen molar-refractivity contribution < 1.29 is 17.6 Å². The van der Waals surface area contributed by atoms with Gasteiger partial charge in [0.05, 0.1) is 17.8 Å². The average molecular weight is 469 g/mol. The van der Waals surface area contributed by atoms with Gasteiger partial charge in [-0.2, -0.15) is 17.6 Å². The lowest BCUT2D eigenvalue weighted by atomic mass is 9.69. The van der Waals surface area contributed by atoms with Gasteiger partial charge in [0.15, 0.2) is 0 Å². The van der Waals surface area contributed by atoms with Crippen molar-refractivity contribution in [1.29, 1.82) is 0 Å². The Balaban J connectivity index is 2.11. The van der Waals surface area contributed by atoms with Gasteiger partial charge in [-0.1, -0.05) is 18.2 Å². The van der Waals surface area contributed by atoms with Crippen LogP contribution in [0, 0.1) is 5.95 Å². The van der Waals surface area contributed by atoms with Gasteiger partial charge in [-0.05, 0) is 35.4 Å². The second kappa shape index (κ2) is 9.48. The SMILES string of the molecule is Nc1nccc(C(NCC(F)(F)F)(c2cccnc2)C(c2cccnc2)c2cccnc2F)n1. The molecule has 0 aliphatic rings. The zero-order chi connectivity index (χ0) is 24.2. The van der Waals surface area contributed by atoms with Crippen LogP contribution in [0.1, 0.15) is 28.3 Å². The number of halogens is 4. The third-order valence-electron chi connectivity index (χ3n) is 5.31. The zero-order valence-corrected chi connectivity index (χ0v) is 17.6. The van der Waals surface area contributed by atoms with E-state index in [4.69, 9.17) is 5.73 Å². The van der Waals surface area contributed by atoms with E-state index in [0.29, 0.717) is 11.1 Å². The molecule has 7 nitrogen and oxygen atoms in total. The van der Waals surface area contributed by atoms with E-state index in [1.54, 1.807) is 24.3 Å². The molecule has 2 atom stereocenters. The van der Waals surface area contributed by atoms with Crippen molar-refractivity contribution in [2.45, 2.75) is 17.6 Å². The van der Waals surface area contributed by atoms with Gasteiger partial charge in [0, 0.05) is 48.7 Å². The van der Waals surface area contributed by atoms with E-state index in [0.717, 1.165) is 0 Å². The van der Waals surface area contributed by atoms with Crippen LogP contribution in [0.2, 0.25) is 0 Å². The average Bonchev–Trinajstić information content (AvgIpc) is 2.83. The fraction of sp³-hybridized carbons (Fsp3) is 0.174. The van der Waals surface area contributed by atoms with Crippen LogP contribution in [0.4, 0.5) is 23.5 Å². The lowest BCUT2D eigenvalue weighted by Crippen LogP contribution is -2.52. The van der Waals surface area contributed by atoms with Crippen LogP contribution in [0.25, 0.3) is 0 Å². The molecule has 2 unspecified atom stereocenters. The molecule has 0 radical (unpaired) electrons. The van der Waals surface area contributed by atoms with Crippen molar-refractivity contribution in [3.8, 4) is 0 Å². The molecule has 0 saturated carbocycles. The van der Waals surface area contributed by atoms with Gasteiger partial charge in [-0.3, -0.25) is 15.3 Å². The molecule has 0 fully saturated rings. The molecule has 3 N–H and O–H groups in total. The maximum Gasteiger partial charge on any atom is 0.401 e. The van der Waals surface area contributed by atoms with Crippen molar-refractivity contribution in [3.63, 3.8) is 0 Å². The molecule has 0 spiro atoms. The first-order valence-electron chi connectivity index (χ1n) is 10.1. The van der Waals surface area contributed by atoms with Gasteiger partial charge >= 0.3 is 6.18 Å². The summed E-state index contributed by atoms with van der Waals surface area (Å²) in [6.07, 6.45) is 3.85. The van der Waals surface area contributed by atoms with Crippen molar-refractivity contribution in [2.24, 2.45) is 0 Å². The molecule has 0 aliphatic carbocycles. The highest BCUT2D eigenvalue weighted by atomic mass is 19.4. The summed E-state index contributed by atoms with van der Waals surface area (Å²) in [7, 11) is 0. The number of nitrogen functional groups attached to an aromatic ring is 1. The lowest BCUT2D eigenvalue weighted by molar-refractivity contribution is -0.128. The molecule has 0 aromatic carbocycles. The molecule has 0 bridgehead atoms. The van der Waals surface area contributed by atoms with Crippen LogP contribution in [-0.2, 0) is 5.54 Å². The number of rotatable bonds is 7. The van der Waals surface area contributed by atoms with E-state index >= 15 is 4.39 Å². The largest absolute Gasteiger partial charge is 0.401 e. The van der Waals surface area contributed by atoms with Crippen LogP contribution < -0.4 is 11.1 Å². The van der Waals surface area contributed by atoms with Crippen LogP contribution in [0.3, 0.4) is 0 Å². The lowest BCUT2D eigenvalue weighted by Gasteiger charge is -2.42. The zero-order valence-electron chi connectivity index (χ0n) is 17.6.